The molecule has 0 unspecified atom stereocenters. The number of hydrogen-bond acceptors (Lipinski definition) is 3. The predicted molar refractivity (Wildman–Crippen MR) is 182 cm³/mol. The molecule has 0 heterocycles. The van der Waals surface area contributed by atoms with E-state index in [1.54, 1.807) is 24.3 Å². The summed E-state index contributed by atoms with van der Waals surface area (Å²) in [5, 5.41) is 19.7. The normalized spacial score (nSPS) is 12.7. The Bertz CT molecular complexity index is 1920. The summed E-state index contributed by atoms with van der Waals surface area (Å²) in [5.41, 5.74) is 12.5. The third-order valence-corrected chi connectivity index (χ3v) is 8.66. The minimum absolute atomic E-state index is 0.0855. The monoisotopic (exact) mass is 571 g/mol. The van der Waals surface area contributed by atoms with E-state index in [-0.39, 0.29) is 16.9 Å². The largest absolute Gasteiger partial charge is 0.508 e. The van der Waals surface area contributed by atoms with Gasteiger partial charge in [-0.1, -0.05) is 98.8 Å². The number of anilines is 3. The Labute approximate surface area is 258 Å². The summed E-state index contributed by atoms with van der Waals surface area (Å²) in [5.74, 6) is 0.450. The Balaban J connectivity index is 1.30. The van der Waals surface area contributed by atoms with Gasteiger partial charge in [0, 0.05) is 22.5 Å². The molecular weight excluding hydrogens is 538 g/mol. The lowest BCUT2D eigenvalue weighted by Crippen LogP contribution is -2.16. The van der Waals surface area contributed by atoms with Crippen LogP contribution in [-0.2, 0) is 5.41 Å². The number of benzene rings is 6. The van der Waals surface area contributed by atoms with Gasteiger partial charge >= 0.3 is 0 Å². The summed E-state index contributed by atoms with van der Waals surface area (Å²) in [6.45, 7) is 4.63. The minimum atomic E-state index is -0.0855. The smallest absolute Gasteiger partial charge is 0.115 e. The van der Waals surface area contributed by atoms with Gasteiger partial charge in [0.15, 0.2) is 0 Å². The average molecular weight is 572 g/mol. The van der Waals surface area contributed by atoms with Gasteiger partial charge in [-0.15, -0.1) is 0 Å². The van der Waals surface area contributed by atoms with E-state index in [4.69, 9.17) is 0 Å². The van der Waals surface area contributed by atoms with Crippen LogP contribution in [0.3, 0.4) is 0 Å². The molecule has 6 aromatic carbocycles. The third kappa shape index (κ3) is 4.93. The van der Waals surface area contributed by atoms with Crippen molar-refractivity contribution in [2.75, 3.05) is 4.90 Å². The zero-order valence-electron chi connectivity index (χ0n) is 24.8. The molecule has 0 aromatic heterocycles. The number of rotatable bonds is 6. The number of fused-ring (bicyclic) bond motifs is 3. The fourth-order valence-corrected chi connectivity index (χ4v) is 6.36. The summed E-state index contributed by atoms with van der Waals surface area (Å²) < 4.78 is 0. The topological polar surface area (TPSA) is 43.7 Å². The maximum atomic E-state index is 9.87. The minimum Gasteiger partial charge on any atom is -0.508 e. The fraction of sp³-hybridized carbons (Fsp3) is 0.0732. The SMILES string of the molecule is CC1(C)c2ccccc2-c2ccc(N(c3ccccc3)c3ccc(C=C(c4ccc(O)cc4)c4ccc(O)cc4)cc3)cc21. The summed E-state index contributed by atoms with van der Waals surface area (Å²) >= 11 is 0. The van der Waals surface area contributed by atoms with Gasteiger partial charge in [-0.05, 0) is 111 Å². The van der Waals surface area contributed by atoms with Crippen molar-refractivity contribution in [1.29, 1.82) is 0 Å². The molecule has 44 heavy (non-hydrogen) atoms. The van der Waals surface area contributed by atoms with E-state index in [0.717, 1.165) is 39.3 Å². The molecule has 0 amide bonds. The van der Waals surface area contributed by atoms with Crippen LogP contribution in [0.2, 0.25) is 0 Å². The maximum absolute atomic E-state index is 9.87. The molecular formula is C41H33NO2. The zero-order valence-corrected chi connectivity index (χ0v) is 24.8. The van der Waals surface area contributed by atoms with Crippen LogP contribution in [-0.4, -0.2) is 10.2 Å². The van der Waals surface area contributed by atoms with Gasteiger partial charge in [0.1, 0.15) is 11.5 Å². The molecule has 0 saturated carbocycles. The van der Waals surface area contributed by atoms with E-state index >= 15 is 0 Å². The molecule has 0 aliphatic heterocycles. The Morgan fingerprint density at radius 2 is 1.05 bits per heavy atom. The number of para-hydroxylation sites is 1. The van der Waals surface area contributed by atoms with Crippen molar-refractivity contribution in [1.82, 2.24) is 0 Å². The van der Waals surface area contributed by atoms with Gasteiger partial charge in [0.25, 0.3) is 0 Å². The van der Waals surface area contributed by atoms with Gasteiger partial charge < -0.3 is 15.1 Å². The Morgan fingerprint density at radius 3 is 1.68 bits per heavy atom. The van der Waals surface area contributed by atoms with Crippen molar-refractivity contribution >= 4 is 28.7 Å². The second kappa shape index (κ2) is 10.9. The van der Waals surface area contributed by atoms with Crippen molar-refractivity contribution in [3.05, 3.63) is 173 Å². The average Bonchev–Trinajstić information content (AvgIpc) is 3.28. The lowest BCUT2D eigenvalue weighted by molar-refractivity contribution is 0.475. The highest BCUT2D eigenvalue weighted by molar-refractivity contribution is 5.92. The molecule has 0 bridgehead atoms. The summed E-state index contributed by atoms with van der Waals surface area (Å²) in [4.78, 5) is 2.31. The van der Waals surface area contributed by atoms with Crippen molar-refractivity contribution in [2.45, 2.75) is 19.3 Å². The number of phenols is 2. The van der Waals surface area contributed by atoms with Crippen LogP contribution >= 0.6 is 0 Å². The summed E-state index contributed by atoms with van der Waals surface area (Å²) in [6.07, 6.45) is 2.14. The van der Waals surface area contributed by atoms with Gasteiger partial charge in [-0.3, -0.25) is 0 Å². The van der Waals surface area contributed by atoms with Gasteiger partial charge in [-0.2, -0.15) is 0 Å². The molecule has 0 saturated heterocycles. The first-order valence-electron chi connectivity index (χ1n) is 14.9. The molecule has 2 N–H and O–H groups in total. The second-order valence-electron chi connectivity index (χ2n) is 11.8. The first-order valence-corrected chi connectivity index (χ1v) is 14.9. The van der Waals surface area contributed by atoms with Crippen LogP contribution in [0.25, 0.3) is 22.8 Å². The summed E-state index contributed by atoms with van der Waals surface area (Å²) in [6, 6.07) is 49.1. The Morgan fingerprint density at radius 1 is 0.523 bits per heavy atom. The first-order chi connectivity index (χ1) is 21.4. The zero-order chi connectivity index (χ0) is 30.3. The van der Waals surface area contributed by atoms with Gasteiger partial charge in [0.2, 0.25) is 0 Å². The van der Waals surface area contributed by atoms with Crippen LogP contribution in [0.15, 0.2) is 146 Å². The van der Waals surface area contributed by atoms with Gasteiger partial charge in [0.05, 0.1) is 0 Å². The molecule has 6 aromatic rings. The van der Waals surface area contributed by atoms with E-state index in [1.807, 2.05) is 30.3 Å². The van der Waals surface area contributed by atoms with E-state index in [2.05, 4.69) is 116 Å². The summed E-state index contributed by atoms with van der Waals surface area (Å²) in [7, 11) is 0. The molecule has 0 spiro atoms. The molecule has 0 atom stereocenters. The van der Waals surface area contributed by atoms with E-state index in [0.29, 0.717) is 0 Å². The van der Waals surface area contributed by atoms with Crippen molar-refractivity contribution in [2.24, 2.45) is 0 Å². The van der Waals surface area contributed by atoms with Crippen molar-refractivity contribution < 1.29 is 10.2 Å². The highest BCUT2D eigenvalue weighted by Gasteiger charge is 2.35. The Kier molecular flexibility index (Phi) is 6.79. The quantitative estimate of drug-likeness (QED) is 0.195. The highest BCUT2D eigenvalue weighted by atomic mass is 16.3. The van der Waals surface area contributed by atoms with E-state index in [1.165, 1.54) is 22.3 Å². The Hall–Kier alpha value is -5.54. The van der Waals surface area contributed by atoms with Crippen molar-refractivity contribution in [3.63, 3.8) is 0 Å². The highest BCUT2D eigenvalue weighted by Crippen LogP contribution is 2.50. The van der Waals surface area contributed by atoms with E-state index in [9.17, 15) is 10.2 Å². The fourth-order valence-electron chi connectivity index (χ4n) is 6.36. The molecule has 0 radical (unpaired) electrons. The molecule has 1 aliphatic rings. The van der Waals surface area contributed by atoms with E-state index < -0.39 is 0 Å². The number of nitrogens with zero attached hydrogens (tertiary/aromatic N) is 1. The van der Waals surface area contributed by atoms with Crippen molar-refractivity contribution in [3.8, 4) is 22.6 Å². The lowest BCUT2D eigenvalue weighted by atomic mass is 9.82. The maximum Gasteiger partial charge on any atom is 0.115 e. The van der Waals surface area contributed by atoms with Gasteiger partial charge in [-0.25, -0.2) is 0 Å². The molecule has 3 nitrogen and oxygen atoms in total. The van der Waals surface area contributed by atoms with Crippen LogP contribution in [0.5, 0.6) is 11.5 Å². The lowest BCUT2D eigenvalue weighted by Gasteiger charge is -2.28. The third-order valence-electron chi connectivity index (χ3n) is 8.66. The van der Waals surface area contributed by atoms with Crippen LogP contribution in [0.4, 0.5) is 17.1 Å². The molecule has 3 heteroatoms. The predicted octanol–water partition coefficient (Wildman–Crippen LogP) is 10.5. The molecule has 0 fully saturated rings. The first kappa shape index (κ1) is 27.3. The second-order valence-corrected chi connectivity index (χ2v) is 11.8. The standard InChI is InChI=1S/C41H33NO2/c1-41(2)39-11-7-6-10-36(39)37-25-20-33(27-40(37)41)42(31-8-4-3-5-9-31)32-18-12-28(13-19-32)26-38(29-14-21-34(43)22-15-29)30-16-23-35(44)24-17-30/h3-27,43-44H,1-2H3. The number of aromatic hydroxyl groups is 2. The van der Waals surface area contributed by atoms with Crippen LogP contribution in [0, 0.1) is 0 Å². The van der Waals surface area contributed by atoms with Crippen LogP contribution < -0.4 is 4.90 Å². The molecule has 214 valence electrons. The molecule has 1 aliphatic carbocycles. The molecule has 7 rings (SSSR count). The van der Waals surface area contributed by atoms with Crippen LogP contribution in [0.1, 0.15) is 41.7 Å². The number of hydrogen-bond donors (Lipinski definition) is 2. The number of phenolic OH excluding ortho intramolecular Hbond substituents is 2.